The van der Waals surface area contributed by atoms with Crippen LogP contribution in [0.25, 0.3) is 0 Å². The van der Waals surface area contributed by atoms with Gasteiger partial charge in [-0.1, -0.05) is 0 Å². The minimum absolute atomic E-state index is 0.0638. The van der Waals surface area contributed by atoms with Gasteiger partial charge in [-0.3, -0.25) is 0 Å². The molecule has 0 amide bonds. The lowest BCUT2D eigenvalue weighted by Crippen LogP contribution is -1.96. The Labute approximate surface area is 90.8 Å². The number of aliphatic hydroxyl groups excluding tert-OH is 1. The van der Waals surface area contributed by atoms with Gasteiger partial charge < -0.3 is 9.84 Å². The fraction of sp³-hybridized carbons (Fsp3) is 0.400. The van der Waals surface area contributed by atoms with Gasteiger partial charge in [-0.25, -0.2) is 4.39 Å². The first kappa shape index (κ1) is 11.5. The molecule has 0 unspecified atom stereocenters. The lowest BCUT2D eigenvalue weighted by molar-refractivity contribution is 0.288. The van der Waals surface area contributed by atoms with Crippen molar-refractivity contribution >= 4 is 15.9 Å². The van der Waals surface area contributed by atoms with Gasteiger partial charge in [0.15, 0.2) is 0 Å². The third-order valence-electron chi connectivity index (χ3n) is 1.92. The van der Waals surface area contributed by atoms with Crippen LogP contribution in [0.1, 0.15) is 12.0 Å². The standard InChI is InChI=1S/C10H12BrFO2/c1-14-8-5-7(3-2-4-13)10(12)9(11)6-8/h5-6,13H,2-4H2,1H3. The smallest absolute Gasteiger partial charge is 0.140 e. The maximum absolute atomic E-state index is 13.5. The quantitative estimate of drug-likeness (QED) is 0.904. The van der Waals surface area contributed by atoms with Crippen molar-refractivity contribution in [2.45, 2.75) is 12.8 Å². The predicted octanol–water partition coefficient (Wildman–Crippen LogP) is 2.52. The summed E-state index contributed by atoms with van der Waals surface area (Å²) in [7, 11) is 1.54. The Kier molecular flexibility index (Phi) is 4.35. The van der Waals surface area contributed by atoms with E-state index in [1.54, 1.807) is 12.1 Å². The number of methoxy groups -OCH3 is 1. The molecule has 0 bridgehead atoms. The van der Waals surface area contributed by atoms with Crippen LogP contribution in [0.2, 0.25) is 0 Å². The van der Waals surface area contributed by atoms with Gasteiger partial charge in [-0.05, 0) is 46.5 Å². The van der Waals surface area contributed by atoms with Crippen molar-refractivity contribution in [1.29, 1.82) is 0 Å². The molecule has 78 valence electrons. The summed E-state index contributed by atoms with van der Waals surface area (Å²) < 4.78 is 18.9. The fourth-order valence-corrected chi connectivity index (χ4v) is 1.67. The molecule has 0 radical (unpaired) electrons. The Morgan fingerprint density at radius 3 is 2.79 bits per heavy atom. The van der Waals surface area contributed by atoms with Crippen molar-refractivity contribution in [2.24, 2.45) is 0 Å². The fourth-order valence-electron chi connectivity index (χ4n) is 1.19. The maximum Gasteiger partial charge on any atom is 0.140 e. The lowest BCUT2D eigenvalue weighted by atomic mass is 10.1. The second-order valence-corrected chi connectivity index (χ2v) is 3.76. The van der Waals surface area contributed by atoms with E-state index in [9.17, 15) is 4.39 Å². The molecule has 0 spiro atoms. The van der Waals surface area contributed by atoms with E-state index in [0.29, 0.717) is 28.6 Å². The van der Waals surface area contributed by atoms with Crippen molar-refractivity contribution in [3.05, 3.63) is 28.0 Å². The number of hydrogen-bond donors (Lipinski definition) is 1. The summed E-state index contributed by atoms with van der Waals surface area (Å²) >= 11 is 3.11. The van der Waals surface area contributed by atoms with Gasteiger partial charge in [0.05, 0.1) is 11.6 Å². The number of halogens is 2. The summed E-state index contributed by atoms with van der Waals surface area (Å²) in [6, 6.07) is 3.23. The monoisotopic (exact) mass is 262 g/mol. The van der Waals surface area contributed by atoms with Crippen molar-refractivity contribution in [1.82, 2.24) is 0 Å². The Morgan fingerprint density at radius 2 is 2.21 bits per heavy atom. The van der Waals surface area contributed by atoms with Gasteiger partial charge in [-0.2, -0.15) is 0 Å². The van der Waals surface area contributed by atoms with E-state index in [-0.39, 0.29) is 12.4 Å². The molecule has 4 heteroatoms. The Bertz CT molecular complexity index is 315. The Morgan fingerprint density at radius 1 is 1.50 bits per heavy atom. The predicted molar refractivity (Wildman–Crippen MR) is 56.1 cm³/mol. The minimum Gasteiger partial charge on any atom is -0.497 e. The molecule has 0 aromatic heterocycles. The zero-order chi connectivity index (χ0) is 10.6. The Hall–Kier alpha value is -0.610. The van der Waals surface area contributed by atoms with Crippen LogP contribution in [0.5, 0.6) is 5.75 Å². The average molecular weight is 263 g/mol. The van der Waals surface area contributed by atoms with Crippen LogP contribution in [0.3, 0.4) is 0 Å². The van der Waals surface area contributed by atoms with Crippen molar-refractivity contribution in [3.63, 3.8) is 0 Å². The largest absolute Gasteiger partial charge is 0.497 e. The molecule has 0 fully saturated rings. The van der Waals surface area contributed by atoms with E-state index >= 15 is 0 Å². The van der Waals surface area contributed by atoms with Crippen LogP contribution < -0.4 is 4.74 Å². The number of ether oxygens (including phenoxy) is 1. The first-order chi connectivity index (χ1) is 6.69. The summed E-state index contributed by atoms with van der Waals surface area (Å²) in [5, 5.41) is 8.65. The highest BCUT2D eigenvalue weighted by atomic mass is 79.9. The highest BCUT2D eigenvalue weighted by molar-refractivity contribution is 9.10. The highest BCUT2D eigenvalue weighted by Gasteiger charge is 2.08. The zero-order valence-electron chi connectivity index (χ0n) is 7.89. The molecule has 1 aromatic carbocycles. The van der Waals surface area contributed by atoms with E-state index in [1.807, 2.05) is 0 Å². The van der Waals surface area contributed by atoms with E-state index in [2.05, 4.69) is 15.9 Å². The van der Waals surface area contributed by atoms with Gasteiger partial charge in [0, 0.05) is 6.61 Å². The number of rotatable bonds is 4. The number of aliphatic hydroxyl groups is 1. The molecule has 1 rings (SSSR count). The summed E-state index contributed by atoms with van der Waals surface area (Å²) in [5.74, 6) is 0.338. The van der Waals surface area contributed by atoms with E-state index in [1.165, 1.54) is 7.11 Å². The van der Waals surface area contributed by atoms with Crippen LogP contribution in [0.4, 0.5) is 4.39 Å². The molecule has 2 nitrogen and oxygen atoms in total. The molecule has 1 aromatic rings. The summed E-state index contributed by atoms with van der Waals surface area (Å²) in [4.78, 5) is 0. The summed E-state index contributed by atoms with van der Waals surface area (Å²) in [5.41, 5.74) is 0.560. The molecule has 0 heterocycles. The molecule has 0 aliphatic carbocycles. The first-order valence-electron chi connectivity index (χ1n) is 4.31. The van der Waals surface area contributed by atoms with Gasteiger partial charge in [-0.15, -0.1) is 0 Å². The van der Waals surface area contributed by atoms with Gasteiger partial charge in [0.2, 0.25) is 0 Å². The molecule has 0 atom stereocenters. The van der Waals surface area contributed by atoms with E-state index < -0.39 is 0 Å². The Balaban J connectivity index is 2.95. The maximum atomic E-state index is 13.5. The molecule has 0 aliphatic rings. The van der Waals surface area contributed by atoms with Crippen molar-refractivity contribution in [2.75, 3.05) is 13.7 Å². The summed E-state index contributed by atoms with van der Waals surface area (Å²) in [6.07, 6.45) is 1.06. The molecule has 0 saturated carbocycles. The van der Waals surface area contributed by atoms with Gasteiger partial charge >= 0.3 is 0 Å². The number of aryl methyl sites for hydroxylation is 1. The van der Waals surface area contributed by atoms with Crippen molar-refractivity contribution < 1.29 is 14.2 Å². The van der Waals surface area contributed by atoms with Crippen LogP contribution in [-0.2, 0) is 6.42 Å². The zero-order valence-corrected chi connectivity index (χ0v) is 9.47. The topological polar surface area (TPSA) is 29.5 Å². The second kappa shape index (κ2) is 5.32. The molecule has 1 N–H and O–H groups in total. The van der Waals surface area contributed by atoms with Crippen LogP contribution >= 0.6 is 15.9 Å². The molecular formula is C10H12BrFO2. The molecule has 0 aliphatic heterocycles. The normalized spacial score (nSPS) is 10.3. The van der Waals surface area contributed by atoms with Gasteiger partial charge in [0.25, 0.3) is 0 Å². The third kappa shape index (κ3) is 2.69. The van der Waals surface area contributed by atoms with E-state index in [0.717, 1.165) is 0 Å². The van der Waals surface area contributed by atoms with Crippen LogP contribution in [0, 0.1) is 5.82 Å². The average Bonchev–Trinajstić information content (AvgIpc) is 2.20. The SMILES string of the molecule is COc1cc(Br)c(F)c(CCCO)c1. The third-order valence-corrected chi connectivity index (χ3v) is 2.49. The van der Waals surface area contributed by atoms with Crippen LogP contribution in [0.15, 0.2) is 16.6 Å². The number of benzene rings is 1. The van der Waals surface area contributed by atoms with Gasteiger partial charge in [0.1, 0.15) is 11.6 Å². The minimum atomic E-state index is -0.278. The molecular weight excluding hydrogens is 251 g/mol. The molecule has 0 saturated heterocycles. The van der Waals surface area contributed by atoms with Crippen molar-refractivity contribution in [3.8, 4) is 5.75 Å². The van der Waals surface area contributed by atoms with E-state index in [4.69, 9.17) is 9.84 Å². The summed E-state index contributed by atoms with van der Waals surface area (Å²) in [6.45, 7) is 0.0638. The number of hydrogen-bond acceptors (Lipinski definition) is 2. The molecule has 14 heavy (non-hydrogen) atoms. The first-order valence-corrected chi connectivity index (χ1v) is 5.11. The van der Waals surface area contributed by atoms with Crippen LogP contribution in [-0.4, -0.2) is 18.8 Å². The lowest BCUT2D eigenvalue weighted by Gasteiger charge is -2.07. The highest BCUT2D eigenvalue weighted by Crippen LogP contribution is 2.26. The second-order valence-electron chi connectivity index (χ2n) is 2.91.